The Morgan fingerprint density at radius 2 is 1.59 bits per heavy atom. The van der Waals surface area contributed by atoms with Crippen LogP contribution in [0.4, 0.5) is 0 Å². The van der Waals surface area contributed by atoms with Crippen LogP contribution in [0.15, 0.2) is 54.6 Å². The predicted octanol–water partition coefficient (Wildman–Crippen LogP) is 4.77. The molecule has 4 aromatic rings. The van der Waals surface area contributed by atoms with Gasteiger partial charge in [0.1, 0.15) is 6.04 Å². The topological polar surface area (TPSA) is 145 Å². The van der Waals surface area contributed by atoms with E-state index in [4.69, 9.17) is 24.6 Å². The number of aryl methyl sites for hydroxylation is 1. The van der Waals surface area contributed by atoms with Crippen molar-refractivity contribution in [2.45, 2.75) is 44.8 Å². The molecule has 0 aliphatic rings. The standard InChI is InChI=1S/C27H30NO8P/c1-17(26(28)27(30)31)36-37(32,33)35-16-4-15-34-23(29)8-3-5-18-9-10-21-12-11-19-6-2-7-20-13-14-22(18)25(21)24(19)20/h2,6-7,9-14,17,26H,3-5,8,15-16,28H2,1H3,(H,30,31)(H,32,33)/t17-,26+/m1/s1. The Hall–Kier alpha value is -3.07. The predicted molar refractivity (Wildman–Crippen MR) is 141 cm³/mol. The van der Waals surface area contributed by atoms with Gasteiger partial charge in [-0.05, 0) is 57.6 Å². The molecule has 0 aliphatic carbocycles. The number of benzene rings is 4. The summed E-state index contributed by atoms with van der Waals surface area (Å²) >= 11 is 0. The molecule has 0 amide bonds. The molecule has 4 rings (SSSR count). The molecule has 0 spiro atoms. The number of esters is 1. The fraction of sp³-hybridized carbons (Fsp3) is 0.333. The molecular weight excluding hydrogens is 497 g/mol. The van der Waals surface area contributed by atoms with Crippen LogP contribution < -0.4 is 5.73 Å². The van der Waals surface area contributed by atoms with Gasteiger partial charge in [0.2, 0.25) is 0 Å². The Balaban J connectivity index is 1.22. The van der Waals surface area contributed by atoms with Crippen LogP contribution in [0.5, 0.6) is 0 Å². The molecule has 9 nitrogen and oxygen atoms in total. The maximum absolute atomic E-state index is 12.2. The lowest BCUT2D eigenvalue weighted by Gasteiger charge is -2.19. The molecule has 10 heteroatoms. The van der Waals surface area contributed by atoms with Gasteiger partial charge in [-0.1, -0.05) is 54.6 Å². The van der Waals surface area contributed by atoms with Gasteiger partial charge in [0.25, 0.3) is 0 Å². The third-order valence-electron chi connectivity index (χ3n) is 6.34. The molecule has 0 fully saturated rings. The van der Waals surface area contributed by atoms with E-state index >= 15 is 0 Å². The third kappa shape index (κ3) is 6.44. The van der Waals surface area contributed by atoms with Crippen LogP contribution in [0.2, 0.25) is 0 Å². The Morgan fingerprint density at radius 3 is 2.30 bits per heavy atom. The van der Waals surface area contributed by atoms with E-state index in [1.165, 1.54) is 44.8 Å². The van der Waals surface area contributed by atoms with E-state index in [0.29, 0.717) is 6.42 Å². The highest BCUT2D eigenvalue weighted by Gasteiger charge is 2.30. The molecule has 0 saturated heterocycles. The molecule has 196 valence electrons. The van der Waals surface area contributed by atoms with Crippen LogP contribution in [-0.4, -0.2) is 47.3 Å². The number of carboxylic acid groups (broad SMARTS) is 1. The molecule has 37 heavy (non-hydrogen) atoms. The maximum atomic E-state index is 12.2. The second-order valence-corrected chi connectivity index (χ2v) is 10.4. The first-order valence-electron chi connectivity index (χ1n) is 12.1. The van der Waals surface area contributed by atoms with Gasteiger partial charge in [-0.25, -0.2) is 4.57 Å². The average molecular weight is 528 g/mol. The number of phosphoric ester groups is 1. The number of carboxylic acids is 1. The molecule has 0 heterocycles. The summed E-state index contributed by atoms with van der Waals surface area (Å²) in [5.74, 6) is -1.72. The highest BCUT2D eigenvalue weighted by molar-refractivity contribution is 7.47. The van der Waals surface area contributed by atoms with Crippen molar-refractivity contribution in [3.05, 3.63) is 60.2 Å². The highest BCUT2D eigenvalue weighted by Crippen LogP contribution is 2.45. The quantitative estimate of drug-likeness (QED) is 0.0968. The van der Waals surface area contributed by atoms with Gasteiger partial charge in [0.15, 0.2) is 0 Å². The van der Waals surface area contributed by atoms with Crippen LogP contribution in [0.1, 0.15) is 31.7 Å². The van der Waals surface area contributed by atoms with Crippen molar-refractivity contribution >= 4 is 52.1 Å². The first kappa shape index (κ1) is 27.0. The van der Waals surface area contributed by atoms with E-state index in [1.54, 1.807) is 0 Å². The van der Waals surface area contributed by atoms with Crippen molar-refractivity contribution in [1.29, 1.82) is 0 Å². The molecule has 0 aliphatic heterocycles. The van der Waals surface area contributed by atoms with E-state index in [1.807, 2.05) is 0 Å². The SMILES string of the molecule is C[C@@H](OP(=O)(O)OCCCOC(=O)CCCc1ccc2ccc3cccc4ccc1c2c34)[C@H](N)C(=O)O. The molecule has 0 aromatic heterocycles. The van der Waals surface area contributed by atoms with Crippen molar-refractivity contribution in [3.8, 4) is 0 Å². The lowest BCUT2D eigenvalue weighted by atomic mass is 9.90. The first-order valence-corrected chi connectivity index (χ1v) is 13.6. The van der Waals surface area contributed by atoms with E-state index in [9.17, 15) is 19.0 Å². The number of hydrogen-bond donors (Lipinski definition) is 3. The van der Waals surface area contributed by atoms with Crippen LogP contribution in [0, 0.1) is 0 Å². The summed E-state index contributed by atoms with van der Waals surface area (Å²) in [6.07, 6.45) is 0.553. The summed E-state index contributed by atoms with van der Waals surface area (Å²) in [6, 6.07) is 17.7. The molecule has 0 saturated carbocycles. The Labute approximate surface area is 214 Å². The largest absolute Gasteiger partial charge is 0.480 e. The van der Waals surface area contributed by atoms with Crippen LogP contribution >= 0.6 is 7.82 Å². The maximum Gasteiger partial charge on any atom is 0.472 e. The number of nitrogens with two attached hydrogens (primary N) is 1. The molecule has 0 bridgehead atoms. The number of aliphatic carboxylic acids is 1. The Morgan fingerprint density at radius 1 is 0.946 bits per heavy atom. The van der Waals surface area contributed by atoms with Crippen LogP contribution in [0.3, 0.4) is 0 Å². The van der Waals surface area contributed by atoms with Crippen LogP contribution in [0.25, 0.3) is 32.3 Å². The fourth-order valence-corrected chi connectivity index (χ4v) is 5.41. The Kier molecular flexibility index (Phi) is 8.42. The van der Waals surface area contributed by atoms with E-state index in [2.05, 4.69) is 54.6 Å². The summed E-state index contributed by atoms with van der Waals surface area (Å²) in [6.45, 7) is 1.07. The monoisotopic (exact) mass is 527 g/mol. The van der Waals surface area contributed by atoms with Gasteiger partial charge >= 0.3 is 19.8 Å². The van der Waals surface area contributed by atoms with E-state index in [0.717, 1.165) is 6.42 Å². The summed E-state index contributed by atoms with van der Waals surface area (Å²) < 4.78 is 26.6. The summed E-state index contributed by atoms with van der Waals surface area (Å²) in [7, 11) is -4.48. The summed E-state index contributed by atoms with van der Waals surface area (Å²) in [4.78, 5) is 32.6. The molecule has 0 radical (unpaired) electrons. The normalized spacial score (nSPS) is 15.1. The van der Waals surface area contributed by atoms with Gasteiger partial charge < -0.3 is 20.5 Å². The Bertz CT molecular complexity index is 1440. The van der Waals surface area contributed by atoms with Crippen molar-refractivity contribution in [2.24, 2.45) is 5.73 Å². The number of hydrogen-bond acceptors (Lipinski definition) is 7. The third-order valence-corrected chi connectivity index (χ3v) is 7.45. The number of rotatable bonds is 13. The first-order chi connectivity index (χ1) is 17.7. The summed E-state index contributed by atoms with van der Waals surface area (Å²) in [5.41, 5.74) is 6.53. The lowest BCUT2D eigenvalue weighted by molar-refractivity contribution is -0.144. The van der Waals surface area contributed by atoms with E-state index < -0.39 is 25.9 Å². The minimum Gasteiger partial charge on any atom is -0.480 e. The zero-order valence-electron chi connectivity index (χ0n) is 20.5. The number of ether oxygens (including phenoxy) is 1. The smallest absolute Gasteiger partial charge is 0.472 e. The number of carbonyl (C=O) groups is 2. The minimum absolute atomic E-state index is 0.0156. The van der Waals surface area contributed by atoms with E-state index in [-0.39, 0.29) is 32.0 Å². The molecular formula is C27H30NO8P. The molecule has 4 aromatic carbocycles. The van der Waals surface area contributed by atoms with Gasteiger partial charge in [0, 0.05) is 12.8 Å². The number of carbonyl (C=O) groups excluding carboxylic acids is 1. The van der Waals surface area contributed by atoms with Gasteiger partial charge in [0.05, 0.1) is 19.3 Å². The second kappa shape index (κ2) is 11.5. The lowest BCUT2D eigenvalue weighted by Crippen LogP contribution is -2.41. The highest BCUT2D eigenvalue weighted by atomic mass is 31.2. The minimum atomic E-state index is -4.48. The van der Waals surface area contributed by atoms with Gasteiger partial charge in [-0.15, -0.1) is 0 Å². The molecule has 4 N–H and O–H groups in total. The zero-order valence-corrected chi connectivity index (χ0v) is 21.4. The molecule has 3 atom stereocenters. The van der Waals surface area contributed by atoms with Crippen molar-refractivity contribution in [1.82, 2.24) is 0 Å². The zero-order chi connectivity index (χ0) is 26.6. The van der Waals surface area contributed by atoms with Crippen molar-refractivity contribution in [2.75, 3.05) is 13.2 Å². The second-order valence-electron chi connectivity index (χ2n) is 8.98. The summed E-state index contributed by atoms with van der Waals surface area (Å²) in [5, 5.41) is 16.1. The van der Waals surface area contributed by atoms with Crippen molar-refractivity contribution in [3.63, 3.8) is 0 Å². The number of phosphoric acid groups is 1. The average Bonchev–Trinajstić information content (AvgIpc) is 2.86. The molecule has 1 unspecified atom stereocenters. The van der Waals surface area contributed by atoms with Crippen molar-refractivity contribution < 1.29 is 37.9 Å². The van der Waals surface area contributed by atoms with Gasteiger partial charge in [-0.3, -0.25) is 18.6 Å². The van der Waals surface area contributed by atoms with Crippen LogP contribution in [-0.2, 0) is 34.4 Å². The van der Waals surface area contributed by atoms with Gasteiger partial charge in [-0.2, -0.15) is 0 Å². The fourth-order valence-electron chi connectivity index (χ4n) is 4.44.